The fourth-order valence-electron chi connectivity index (χ4n) is 1.75. The quantitative estimate of drug-likeness (QED) is 0.654. The van der Waals surface area contributed by atoms with E-state index in [2.05, 4.69) is 18.7 Å². The summed E-state index contributed by atoms with van der Waals surface area (Å²) in [5, 5.41) is 1.04. The Morgan fingerprint density at radius 2 is 1.83 bits per heavy atom. The zero-order chi connectivity index (χ0) is 13.4. The molecular weight excluding hydrogens is 269 g/mol. The first-order valence-electron chi connectivity index (χ1n) is 6.48. The van der Waals surface area contributed by atoms with E-state index in [1.54, 1.807) is 6.07 Å². The summed E-state index contributed by atoms with van der Waals surface area (Å²) in [6.07, 6.45) is 2.17. The van der Waals surface area contributed by atoms with Gasteiger partial charge in [0.1, 0.15) is 10.8 Å². The summed E-state index contributed by atoms with van der Waals surface area (Å²) >= 11 is 12.0. The number of ether oxygens (including phenoxy) is 1. The van der Waals surface area contributed by atoms with Gasteiger partial charge in [0, 0.05) is 0 Å². The molecule has 0 atom stereocenters. The Morgan fingerprint density at radius 1 is 1.11 bits per heavy atom. The van der Waals surface area contributed by atoms with E-state index >= 15 is 0 Å². The maximum atomic E-state index is 6.04. The van der Waals surface area contributed by atoms with Gasteiger partial charge < -0.3 is 9.64 Å². The topological polar surface area (TPSA) is 12.5 Å². The van der Waals surface area contributed by atoms with Gasteiger partial charge in [-0.25, -0.2) is 0 Å². The summed E-state index contributed by atoms with van der Waals surface area (Å²) in [4.78, 5) is 2.41. The van der Waals surface area contributed by atoms with Crippen molar-refractivity contribution in [2.24, 2.45) is 0 Å². The second-order valence-corrected chi connectivity index (χ2v) is 4.92. The van der Waals surface area contributed by atoms with Crippen LogP contribution in [-0.4, -0.2) is 31.1 Å². The lowest BCUT2D eigenvalue weighted by Gasteiger charge is -2.17. The fourth-order valence-corrected chi connectivity index (χ4v) is 2.10. The Kier molecular flexibility index (Phi) is 7.48. The molecule has 102 valence electrons. The van der Waals surface area contributed by atoms with E-state index in [9.17, 15) is 0 Å². The SMILES string of the molecule is CCN(CC)CCCCOc1cccc(Cl)c1Cl. The number of halogens is 2. The lowest BCUT2D eigenvalue weighted by Crippen LogP contribution is -2.24. The molecule has 0 amide bonds. The van der Waals surface area contributed by atoms with Gasteiger partial charge in [-0.1, -0.05) is 43.1 Å². The van der Waals surface area contributed by atoms with Crippen LogP contribution in [0.4, 0.5) is 0 Å². The van der Waals surface area contributed by atoms with E-state index in [-0.39, 0.29) is 0 Å². The Morgan fingerprint density at radius 3 is 2.50 bits per heavy atom. The van der Waals surface area contributed by atoms with Crippen LogP contribution in [0.1, 0.15) is 26.7 Å². The summed E-state index contributed by atoms with van der Waals surface area (Å²) in [6, 6.07) is 5.45. The molecule has 0 aliphatic heterocycles. The minimum absolute atomic E-state index is 0.503. The zero-order valence-corrected chi connectivity index (χ0v) is 12.6. The zero-order valence-electron chi connectivity index (χ0n) is 11.1. The Labute approximate surface area is 120 Å². The fraction of sp³-hybridized carbons (Fsp3) is 0.571. The first-order chi connectivity index (χ1) is 8.69. The molecule has 0 heterocycles. The molecule has 0 bridgehead atoms. The van der Waals surface area contributed by atoms with Gasteiger partial charge in [-0.15, -0.1) is 0 Å². The van der Waals surface area contributed by atoms with Crippen molar-refractivity contribution in [3.05, 3.63) is 28.2 Å². The van der Waals surface area contributed by atoms with Crippen LogP contribution < -0.4 is 4.74 Å². The van der Waals surface area contributed by atoms with Crippen molar-refractivity contribution in [2.75, 3.05) is 26.2 Å². The van der Waals surface area contributed by atoms with Crippen molar-refractivity contribution in [1.82, 2.24) is 4.90 Å². The maximum absolute atomic E-state index is 6.04. The number of unbranched alkanes of at least 4 members (excludes halogenated alkanes) is 1. The van der Waals surface area contributed by atoms with Crippen LogP contribution in [0.15, 0.2) is 18.2 Å². The highest BCUT2D eigenvalue weighted by atomic mass is 35.5. The molecule has 0 aliphatic carbocycles. The predicted octanol–water partition coefficient (Wildman–Crippen LogP) is 4.49. The monoisotopic (exact) mass is 289 g/mol. The molecule has 1 rings (SSSR count). The van der Waals surface area contributed by atoms with Gasteiger partial charge in [0.05, 0.1) is 11.6 Å². The maximum Gasteiger partial charge on any atom is 0.139 e. The van der Waals surface area contributed by atoms with Crippen molar-refractivity contribution in [2.45, 2.75) is 26.7 Å². The largest absolute Gasteiger partial charge is 0.492 e. The smallest absolute Gasteiger partial charge is 0.139 e. The first-order valence-corrected chi connectivity index (χ1v) is 7.23. The standard InChI is InChI=1S/C14H21Cl2NO/c1-3-17(4-2)10-5-6-11-18-13-9-7-8-12(15)14(13)16/h7-9H,3-6,10-11H2,1-2H3. The third kappa shape index (κ3) is 5.05. The van der Waals surface area contributed by atoms with Gasteiger partial charge in [-0.2, -0.15) is 0 Å². The van der Waals surface area contributed by atoms with Crippen molar-refractivity contribution in [1.29, 1.82) is 0 Å². The molecule has 0 saturated carbocycles. The Hall–Kier alpha value is -0.440. The Balaban J connectivity index is 2.24. The highest BCUT2D eigenvalue weighted by Gasteiger charge is 2.05. The second kappa shape index (κ2) is 8.63. The average molecular weight is 290 g/mol. The van der Waals surface area contributed by atoms with Gasteiger partial charge >= 0.3 is 0 Å². The van der Waals surface area contributed by atoms with E-state index < -0.39 is 0 Å². The number of rotatable bonds is 8. The first kappa shape index (κ1) is 15.6. The summed E-state index contributed by atoms with van der Waals surface area (Å²) < 4.78 is 5.63. The van der Waals surface area contributed by atoms with Gasteiger partial charge in [-0.3, -0.25) is 0 Å². The lowest BCUT2D eigenvalue weighted by atomic mass is 10.3. The van der Waals surface area contributed by atoms with E-state index in [4.69, 9.17) is 27.9 Å². The normalized spacial score (nSPS) is 10.9. The third-order valence-corrected chi connectivity index (χ3v) is 3.74. The van der Waals surface area contributed by atoms with E-state index in [1.165, 1.54) is 0 Å². The van der Waals surface area contributed by atoms with Gasteiger partial charge in [-0.05, 0) is 44.6 Å². The van der Waals surface area contributed by atoms with Gasteiger partial charge in [0.15, 0.2) is 0 Å². The van der Waals surface area contributed by atoms with Crippen molar-refractivity contribution >= 4 is 23.2 Å². The van der Waals surface area contributed by atoms with Crippen LogP contribution in [0.2, 0.25) is 10.0 Å². The molecule has 4 heteroatoms. The van der Waals surface area contributed by atoms with E-state index in [0.717, 1.165) is 32.5 Å². The molecule has 0 radical (unpaired) electrons. The van der Waals surface area contributed by atoms with Crippen LogP contribution in [-0.2, 0) is 0 Å². The summed E-state index contributed by atoms with van der Waals surface area (Å²) in [5.41, 5.74) is 0. The van der Waals surface area contributed by atoms with E-state index in [0.29, 0.717) is 22.4 Å². The molecular formula is C14H21Cl2NO. The summed E-state index contributed by atoms with van der Waals surface area (Å²) in [5.74, 6) is 0.673. The molecule has 0 saturated heterocycles. The van der Waals surface area contributed by atoms with Gasteiger partial charge in [0.25, 0.3) is 0 Å². The molecule has 0 unspecified atom stereocenters. The third-order valence-electron chi connectivity index (χ3n) is 2.94. The minimum Gasteiger partial charge on any atom is -0.492 e. The molecule has 18 heavy (non-hydrogen) atoms. The molecule has 1 aromatic rings. The highest BCUT2D eigenvalue weighted by molar-refractivity contribution is 6.42. The molecule has 0 N–H and O–H groups in total. The molecule has 2 nitrogen and oxygen atoms in total. The van der Waals surface area contributed by atoms with Crippen LogP contribution in [0.3, 0.4) is 0 Å². The highest BCUT2D eigenvalue weighted by Crippen LogP contribution is 2.31. The van der Waals surface area contributed by atoms with Crippen LogP contribution in [0, 0.1) is 0 Å². The number of benzene rings is 1. The second-order valence-electron chi connectivity index (χ2n) is 4.13. The molecule has 0 aliphatic rings. The van der Waals surface area contributed by atoms with Crippen LogP contribution in [0.25, 0.3) is 0 Å². The Bertz CT molecular complexity index is 354. The van der Waals surface area contributed by atoms with Crippen molar-refractivity contribution < 1.29 is 4.74 Å². The molecule has 0 fully saturated rings. The average Bonchev–Trinajstić information content (AvgIpc) is 2.38. The van der Waals surface area contributed by atoms with E-state index in [1.807, 2.05) is 12.1 Å². The van der Waals surface area contributed by atoms with Crippen LogP contribution in [0.5, 0.6) is 5.75 Å². The number of hydrogen-bond donors (Lipinski definition) is 0. The number of hydrogen-bond acceptors (Lipinski definition) is 2. The van der Waals surface area contributed by atoms with Crippen molar-refractivity contribution in [3.63, 3.8) is 0 Å². The van der Waals surface area contributed by atoms with Crippen LogP contribution >= 0.6 is 23.2 Å². The summed E-state index contributed by atoms with van der Waals surface area (Å²) in [7, 11) is 0. The lowest BCUT2D eigenvalue weighted by molar-refractivity contribution is 0.266. The molecule has 1 aromatic carbocycles. The minimum atomic E-state index is 0.503. The summed E-state index contributed by atoms with van der Waals surface area (Å²) in [6.45, 7) is 8.40. The van der Waals surface area contributed by atoms with Gasteiger partial charge in [0.2, 0.25) is 0 Å². The van der Waals surface area contributed by atoms with Crippen molar-refractivity contribution in [3.8, 4) is 5.75 Å². The predicted molar refractivity (Wildman–Crippen MR) is 79.0 cm³/mol. The molecule has 0 aromatic heterocycles. The molecule has 0 spiro atoms. The number of nitrogens with zero attached hydrogens (tertiary/aromatic N) is 1.